The van der Waals surface area contributed by atoms with Crippen LogP contribution >= 0.6 is 0 Å². The van der Waals surface area contributed by atoms with Crippen LogP contribution in [0.4, 0.5) is 17.1 Å². The maximum absolute atomic E-state index is 11.8. The summed E-state index contributed by atoms with van der Waals surface area (Å²) in [4.78, 5) is 0. The van der Waals surface area contributed by atoms with Crippen molar-refractivity contribution in [3.8, 4) is 0 Å². The standard InChI is InChI=1S/C11H19N3O2/c1-11(2,3)16-7-14(15)10-5-4-8(12)6-9(10)13/h4-6,14H,7,12-13H2,1-3H3. The van der Waals surface area contributed by atoms with E-state index in [9.17, 15) is 5.21 Å². The van der Waals surface area contributed by atoms with Gasteiger partial charge in [-0.2, -0.15) is 0 Å². The topological polar surface area (TPSA) is 88.8 Å². The van der Waals surface area contributed by atoms with Crippen molar-refractivity contribution < 1.29 is 9.80 Å². The lowest BCUT2D eigenvalue weighted by Gasteiger charge is -2.27. The molecule has 0 spiro atoms. The average molecular weight is 225 g/mol. The molecular formula is C11H19N3O2. The SMILES string of the molecule is CC(C)(C)OC[NH+]([O-])c1ccc(N)cc1N. The molecular weight excluding hydrogens is 206 g/mol. The number of anilines is 2. The first-order chi connectivity index (χ1) is 7.29. The molecule has 0 saturated heterocycles. The molecule has 0 amide bonds. The summed E-state index contributed by atoms with van der Waals surface area (Å²) in [6.07, 6.45) is 0. The van der Waals surface area contributed by atoms with Crippen LogP contribution in [0.25, 0.3) is 0 Å². The van der Waals surface area contributed by atoms with Crippen LogP contribution in [-0.2, 0) is 4.74 Å². The molecule has 0 aromatic heterocycles. The highest BCUT2D eigenvalue weighted by Crippen LogP contribution is 2.17. The Bertz CT molecular complexity index is 361. The van der Waals surface area contributed by atoms with E-state index in [2.05, 4.69) is 0 Å². The summed E-state index contributed by atoms with van der Waals surface area (Å²) in [5.41, 5.74) is 12.3. The smallest absolute Gasteiger partial charge is 0.186 e. The van der Waals surface area contributed by atoms with E-state index in [0.29, 0.717) is 17.1 Å². The number of hydrogen-bond acceptors (Lipinski definition) is 4. The molecule has 1 atom stereocenters. The molecule has 5 heteroatoms. The van der Waals surface area contributed by atoms with E-state index >= 15 is 0 Å². The molecule has 1 unspecified atom stereocenters. The summed E-state index contributed by atoms with van der Waals surface area (Å²) >= 11 is 0. The van der Waals surface area contributed by atoms with Crippen LogP contribution in [-0.4, -0.2) is 12.3 Å². The van der Waals surface area contributed by atoms with Crippen molar-refractivity contribution in [2.45, 2.75) is 26.4 Å². The van der Waals surface area contributed by atoms with Crippen LogP contribution in [0.3, 0.4) is 0 Å². The quantitative estimate of drug-likeness (QED) is 0.400. The highest BCUT2D eigenvalue weighted by atomic mass is 16.6. The third-order valence-electron chi connectivity index (χ3n) is 2.01. The molecule has 0 radical (unpaired) electrons. The van der Waals surface area contributed by atoms with E-state index in [0.717, 1.165) is 0 Å². The molecule has 0 bridgehead atoms. The molecule has 0 aliphatic rings. The highest BCUT2D eigenvalue weighted by Gasteiger charge is 2.14. The summed E-state index contributed by atoms with van der Waals surface area (Å²) in [5, 5.41) is 11.6. The molecule has 16 heavy (non-hydrogen) atoms. The first kappa shape index (κ1) is 12.8. The predicted molar refractivity (Wildman–Crippen MR) is 65.0 cm³/mol. The van der Waals surface area contributed by atoms with Gasteiger partial charge < -0.3 is 26.5 Å². The van der Waals surface area contributed by atoms with Gasteiger partial charge in [0, 0.05) is 11.8 Å². The third kappa shape index (κ3) is 3.69. The van der Waals surface area contributed by atoms with Crippen molar-refractivity contribution in [1.82, 2.24) is 0 Å². The second-order valence-corrected chi connectivity index (χ2v) is 4.67. The molecule has 90 valence electrons. The van der Waals surface area contributed by atoms with Gasteiger partial charge in [-0.15, -0.1) is 0 Å². The summed E-state index contributed by atoms with van der Waals surface area (Å²) < 4.78 is 5.39. The van der Waals surface area contributed by atoms with E-state index < -0.39 is 0 Å². The predicted octanol–water partition coefficient (Wildman–Crippen LogP) is 0.638. The number of quaternary nitrogens is 1. The zero-order valence-electron chi connectivity index (χ0n) is 9.91. The monoisotopic (exact) mass is 225 g/mol. The molecule has 0 aliphatic carbocycles. The van der Waals surface area contributed by atoms with Crippen LogP contribution in [0.5, 0.6) is 0 Å². The number of hydroxylamine groups is 1. The molecule has 1 aromatic rings. The zero-order chi connectivity index (χ0) is 12.3. The zero-order valence-corrected chi connectivity index (χ0v) is 9.91. The first-order valence-electron chi connectivity index (χ1n) is 5.12. The normalized spacial score (nSPS) is 13.8. The lowest BCUT2D eigenvalue weighted by molar-refractivity contribution is -0.804. The second-order valence-electron chi connectivity index (χ2n) is 4.67. The summed E-state index contributed by atoms with van der Waals surface area (Å²) in [7, 11) is 0. The lowest BCUT2D eigenvalue weighted by Crippen LogP contribution is -3.02. The van der Waals surface area contributed by atoms with Crippen molar-refractivity contribution in [3.05, 3.63) is 23.4 Å². The van der Waals surface area contributed by atoms with Gasteiger partial charge in [-0.05, 0) is 32.9 Å². The number of rotatable bonds is 3. The molecule has 0 heterocycles. The van der Waals surface area contributed by atoms with Gasteiger partial charge in [-0.25, -0.2) is 0 Å². The Morgan fingerprint density at radius 3 is 2.44 bits per heavy atom. The maximum atomic E-state index is 11.8. The number of benzene rings is 1. The average Bonchev–Trinajstić information content (AvgIpc) is 2.13. The minimum atomic E-state index is -0.335. The van der Waals surface area contributed by atoms with Gasteiger partial charge in [0.15, 0.2) is 12.4 Å². The Morgan fingerprint density at radius 2 is 1.94 bits per heavy atom. The summed E-state index contributed by atoms with van der Waals surface area (Å²) in [5.74, 6) is 0. The second kappa shape index (κ2) is 4.69. The minimum absolute atomic E-state index is 0.0254. The van der Waals surface area contributed by atoms with Crippen LogP contribution < -0.4 is 16.5 Å². The van der Waals surface area contributed by atoms with Crippen LogP contribution in [0, 0.1) is 5.21 Å². The number of nitrogen functional groups attached to an aromatic ring is 2. The van der Waals surface area contributed by atoms with E-state index in [1.54, 1.807) is 18.2 Å². The van der Waals surface area contributed by atoms with Crippen molar-refractivity contribution in [2.24, 2.45) is 0 Å². The third-order valence-corrected chi connectivity index (χ3v) is 2.01. The van der Waals surface area contributed by atoms with Crippen LogP contribution in [0.1, 0.15) is 20.8 Å². The van der Waals surface area contributed by atoms with Gasteiger partial charge in [0.25, 0.3) is 0 Å². The largest absolute Gasteiger partial charge is 0.627 e. The van der Waals surface area contributed by atoms with Crippen molar-refractivity contribution >= 4 is 17.1 Å². The minimum Gasteiger partial charge on any atom is -0.627 e. The number of nitrogens with one attached hydrogen (secondary N) is 1. The number of hydrogen-bond donors (Lipinski definition) is 3. The number of ether oxygens (including phenoxy) is 1. The van der Waals surface area contributed by atoms with E-state index in [-0.39, 0.29) is 17.4 Å². The van der Waals surface area contributed by atoms with Crippen molar-refractivity contribution in [3.63, 3.8) is 0 Å². The Morgan fingerprint density at radius 1 is 1.31 bits per heavy atom. The van der Waals surface area contributed by atoms with Gasteiger partial charge in [0.2, 0.25) is 0 Å². The molecule has 5 nitrogen and oxygen atoms in total. The fourth-order valence-corrected chi connectivity index (χ4v) is 1.19. The Kier molecular flexibility index (Phi) is 3.74. The van der Waals surface area contributed by atoms with E-state index in [4.69, 9.17) is 16.2 Å². The van der Waals surface area contributed by atoms with Crippen LogP contribution in [0.15, 0.2) is 18.2 Å². The highest BCUT2D eigenvalue weighted by molar-refractivity contribution is 5.64. The maximum Gasteiger partial charge on any atom is 0.186 e. The van der Waals surface area contributed by atoms with E-state index in [1.165, 1.54) is 0 Å². The molecule has 0 aliphatic heterocycles. The van der Waals surface area contributed by atoms with Crippen molar-refractivity contribution in [1.29, 1.82) is 0 Å². The summed E-state index contributed by atoms with van der Waals surface area (Å²) in [6, 6.07) is 4.85. The van der Waals surface area contributed by atoms with Gasteiger partial charge >= 0.3 is 0 Å². The van der Waals surface area contributed by atoms with E-state index in [1.807, 2.05) is 20.8 Å². The fourth-order valence-electron chi connectivity index (χ4n) is 1.19. The Hall–Kier alpha value is -1.30. The van der Waals surface area contributed by atoms with Crippen molar-refractivity contribution in [2.75, 3.05) is 18.2 Å². The lowest BCUT2D eigenvalue weighted by atomic mass is 10.2. The van der Waals surface area contributed by atoms with Gasteiger partial charge in [0.05, 0.1) is 11.3 Å². The van der Waals surface area contributed by atoms with Gasteiger partial charge in [-0.3, -0.25) is 0 Å². The molecule has 1 rings (SSSR count). The number of nitrogens with two attached hydrogens (primary N) is 2. The molecule has 0 saturated carbocycles. The van der Waals surface area contributed by atoms with Crippen LogP contribution in [0.2, 0.25) is 0 Å². The van der Waals surface area contributed by atoms with Gasteiger partial charge in [-0.1, -0.05) is 0 Å². The molecule has 1 aromatic carbocycles. The molecule has 5 N–H and O–H groups in total. The fraction of sp³-hybridized carbons (Fsp3) is 0.455. The summed E-state index contributed by atoms with van der Waals surface area (Å²) in [6.45, 7) is 5.71. The Labute approximate surface area is 95.6 Å². The Balaban J connectivity index is 2.70. The first-order valence-corrected chi connectivity index (χ1v) is 5.12. The molecule has 0 fully saturated rings. The van der Waals surface area contributed by atoms with Gasteiger partial charge in [0.1, 0.15) is 0 Å².